The van der Waals surface area contributed by atoms with E-state index in [1.54, 1.807) is 29.2 Å². The molecule has 24 heavy (non-hydrogen) atoms. The molecule has 0 saturated carbocycles. The van der Waals surface area contributed by atoms with Crippen LogP contribution in [0.25, 0.3) is 0 Å². The average Bonchev–Trinajstić information content (AvgIpc) is 2.95. The maximum absolute atomic E-state index is 12.3. The number of hydrogen-bond acceptors (Lipinski definition) is 3. The van der Waals surface area contributed by atoms with Crippen molar-refractivity contribution >= 4 is 11.8 Å². The fourth-order valence-corrected chi connectivity index (χ4v) is 2.82. The van der Waals surface area contributed by atoms with Crippen molar-refractivity contribution in [3.63, 3.8) is 0 Å². The van der Waals surface area contributed by atoms with Crippen LogP contribution in [-0.4, -0.2) is 29.3 Å². The normalized spacial score (nSPS) is 16.7. The summed E-state index contributed by atoms with van der Waals surface area (Å²) in [5.41, 5.74) is 1.94. The summed E-state index contributed by atoms with van der Waals surface area (Å²) in [7, 11) is 0. The zero-order valence-corrected chi connectivity index (χ0v) is 13.1. The SMILES string of the molecule is N#Cc1cccc(C(=O)N[C@@H]2CC(=O)N(Cc3ccccc3)C2)c1. The highest BCUT2D eigenvalue weighted by atomic mass is 16.2. The smallest absolute Gasteiger partial charge is 0.251 e. The Morgan fingerprint density at radius 3 is 2.75 bits per heavy atom. The van der Waals surface area contributed by atoms with Gasteiger partial charge in [0.25, 0.3) is 5.91 Å². The van der Waals surface area contributed by atoms with E-state index in [1.807, 2.05) is 36.4 Å². The van der Waals surface area contributed by atoms with Gasteiger partial charge in [-0.15, -0.1) is 0 Å². The van der Waals surface area contributed by atoms with Gasteiger partial charge in [-0.05, 0) is 23.8 Å². The molecule has 3 rings (SSSR count). The van der Waals surface area contributed by atoms with E-state index in [2.05, 4.69) is 5.32 Å². The van der Waals surface area contributed by atoms with E-state index in [-0.39, 0.29) is 17.9 Å². The van der Waals surface area contributed by atoms with Gasteiger partial charge >= 0.3 is 0 Å². The third-order valence-corrected chi connectivity index (χ3v) is 4.02. The molecule has 0 unspecified atom stereocenters. The Balaban J connectivity index is 1.61. The van der Waals surface area contributed by atoms with Gasteiger partial charge in [-0.1, -0.05) is 36.4 Å². The van der Waals surface area contributed by atoms with E-state index >= 15 is 0 Å². The third kappa shape index (κ3) is 3.61. The summed E-state index contributed by atoms with van der Waals surface area (Å²) >= 11 is 0. The van der Waals surface area contributed by atoms with Gasteiger partial charge in [-0.2, -0.15) is 5.26 Å². The Bertz CT molecular complexity index is 796. The van der Waals surface area contributed by atoms with E-state index in [4.69, 9.17) is 5.26 Å². The number of benzene rings is 2. The number of amides is 2. The van der Waals surface area contributed by atoms with Gasteiger partial charge in [-0.3, -0.25) is 9.59 Å². The second-order valence-corrected chi connectivity index (χ2v) is 5.83. The molecule has 1 heterocycles. The lowest BCUT2D eigenvalue weighted by atomic mass is 10.1. The molecule has 1 aliphatic rings. The van der Waals surface area contributed by atoms with Crippen molar-refractivity contribution in [2.24, 2.45) is 0 Å². The van der Waals surface area contributed by atoms with Crippen molar-refractivity contribution in [1.82, 2.24) is 10.2 Å². The van der Waals surface area contributed by atoms with Gasteiger partial charge < -0.3 is 10.2 Å². The van der Waals surface area contributed by atoms with Crippen LogP contribution in [0.1, 0.15) is 27.9 Å². The predicted octanol–water partition coefficient (Wildman–Crippen LogP) is 2.09. The Morgan fingerprint density at radius 1 is 1.21 bits per heavy atom. The molecule has 0 aliphatic carbocycles. The highest BCUT2D eigenvalue weighted by Gasteiger charge is 2.30. The first-order valence-corrected chi connectivity index (χ1v) is 7.78. The number of nitrogens with one attached hydrogen (secondary N) is 1. The van der Waals surface area contributed by atoms with Crippen molar-refractivity contribution in [2.45, 2.75) is 19.0 Å². The predicted molar refractivity (Wildman–Crippen MR) is 88.9 cm³/mol. The van der Waals surface area contributed by atoms with Crippen molar-refractivity contribution in [3.8, 4) is 6.07 Å². The van der Waals surface area contributed by atoms with E-state index in [0.29, 0.717) is 30.6 Å². The van der Waals surface area contributed by atoms with Crippen LogP contribution in [0, 0.1) is 11.3 Å². The van der Waals surface area contributed by atoms with Crippen LogP contribution in [0.2, 0.25) is 0 Å². The van der Waals surface area contributed by atoms with Crippen LogP contribution < -0.4 is 5.32 Å². The Morgan fingerprint density at radius 2 is 2.00 bits per heavy atom. The summed E-state index contributed by atoms with van der Waals surface area (Å²) in [5, 5.41) is 11.8. The van der Waals surface area contributed by atoms with Crippen LogP contribution in [0.15, 0.2) is 54.6 Å². The number of likely N-dealkylation sites (tertiary alicyclic amines) is 1. The lowest BCUT2D eigenvalue weighted by Gasteiger charge is -2.17. The zero-order chi connectivity index (χ0) is 16.9. The summed E-state index contributed by atoms with van der Waals surface area (Å²) in [6.45, 7) is 1.05. The molecule has 1 saturated heterocycles. The molecular weight excluding hydrogens is 302 g/mol. The van der Waals surface area contributed by atoms with Gasteiger partial charge in [0, 0.05) is 25.1 Å². The van der Waals surface area contributed by atoms with E-state index < -0.39 is 0 Å². The third-order valence-electron chi connectivity index (χ3n) is 4.02. The standard InChI is InChI=1S/C19H17N3O2/c20-11-15-7-4-8-16(9-15)19(24)21-17-10-18(23)22(13-17)12-14-5-2-1-3-6-14/h1-9,17H,10,12-13H2,(H,21,24)/t17-/m1/s1. The van der Waals surface area contributed by atoms with Gasteiger partial charge in [-0.25, -0.2) is 0 Å². The van der Waals surface area contributed by atoms with Crippen molar-refractivity contribution in [1.29, 1.82) is 5.26 Å². The van der Waals surface area contributed by atoms with Crippen molar-refractivity contribution in [2.75, 3.05) is 6.54 Å². The first kappa shape index (κ1) is 15.8. The number of hydrogen-bond donors (Lipinski definition) is 1. The highest BCUT2D eigenvalue weighted by Crippen LogP contribution is 2.16. The molecule has 2 aromatic rings. The van der Waals surface area contributed by atoms with Gasteiger partial charge in [0.05, 0.1) is 17.7 Å². The number of carbonyl (C=O) groups is 2. The molecule has 1 aliphatic heterocycles. The Labute approximate surface area is 140 Å². The minimum absolute atomic E-state index is 0.0370. The fourth-order valence-electron chi connectivity index (χ4n) is 2.82. The highest BCUT2D eigenvalue weighted by molar-refractivity contribution is 5.95. The summed E-state index contributed by atoms with van der Waals surface area (Å²) in [6, 6.07) is 18.1. The lowest BCUT2D eigenvalue weighted by Crippen LogP contribution is -2.37. The minimum atomic E-state index is -0.258. The molecule has 5 nitrogen and oxygen atoms in total. The van der Waals surface area contributed by atoms with Crippen molar-refractivity contribution in [3.05, 3.63) is 71.3 Å². The van der Waals surface area contributed by atoms with Crippen LogP contribution in [0.3, 0.4) is 0 Å². The van der Waals surface area contributed by atoms with Crippen LogP contribution in [0.5, 0.6) is 0 Å². The number of nitriles is 1. The molecule has 1 N–H and O–H groups in total. The van der Waals surface area contributed by atoms with E-state index in [9.17, 15) is 9.59 Å². The first-order chi connectivity index (χ1) is 11.7. The van der Waals surface area contributed by atoms with E-state index in [0.717, 1.165) is 5.56 Å². The molecule has 0 bridgehead atoms. The molecule has 0 spiro atoms. The molecule has 120 valence electrons. The van der Waals surface area contributed by atoms with Gasteiger partial charge in [0.1, 0.15) is 0 Å². The summed E-state index contributed by atoms with van der Waals surface area (Å²) in [5.74, 6) is -0.221. The van der Waals surface area contributed by atoms with E-state index in [1.165, 1.54) is 0 Å². The molecular formula is C19H17N3O2. The first-order valence-electron chi connectivity index (χ1n) is 7.78. The molecule has 1 fully saturated rings. The monoisotopic (exact) mass is 319 g/mol. The number of rotatable bonds is 4. The van der Waals surface area contributed by atoms with Crippen LogP contribution in [-0.2, 0) is 11.3 Å². The maximum atomic E-state index is 12.3. The van der Waals surface area contributed by atoms with Crippen LogP contribution in [0.4, 0.5) is 0 Å². The quantitative estimate of drug-likeness (QED) is 0.938. The number of carbonyl (C=O) groups excluding carboxylic acids is 2. The molecule has 0 radical (unpaired) electrons. The van der Waals surface area contributed by atoms with Crippen LogP contribution >= 0.6 is 0 Å². The average molecular weight is 319 g/mol. The second kappa shape index (κ2) is 6.97. The Hall–Kier alpha value is -3.13. The number of nitrogens with zero attached hydrogens (tertiary/aromatic N) is 2. The molecule has 0 aromatic heterocycles. The largest absolute Gasteiger partial charge is 0.347 e. The molecule has 2 amide bonds. The minimum Gasteiger partial charge on any atom is -0.347 e. The van der Waals surface area contributed by atoms with Gasteiger partial charge in [0.15, 0.2) is 0 Å². The summed E-state index contributed by atoms with van der Waals surface area (Å²) in [4.78, 5) is 26.2. The molecule has 5 heteroatoms. The summed E-state index contributed by atoms with van der Waals surface area (Å²) in [6.07, 6.45) is 0.302. The summed E-state index contributed by atoms with van der Waals surface area (Å²) < 4.78 is 0. The fraction of sp³-hybridized carbons (Fsp3) is 0.211. The van der Waals surface area contributed by atoms with Gasteiger partial charge in [0.2, 0.25) is 5.91 Å². The van der Waals surface area contributed by atoms with Crippen molar-refractivity contribution < 1.29 is 9.59 Å². The molecule has 1 atom stereocenters. The second-order valence-electron chi connectivity index (χ2n) is 5.83. The maximum Gasteiger partial charge on any atom is 0.251 e. The topological polar surface area (TPSA) is 73.2 Å². The lowest BCUT2D eigenvalue weighted by molar-refractivity contribution is -0.128. The zero-order valence-electron chi connectivity index (χ0n) is 13.1. The molecule has 2 aromatic carbocycles. The Kier molecular flexibility index (Phi) is 4.57.